The molecule has 0 spiro atoms. The summed E-state index contributed by atoms with van der Waals surface area (Å²) in [7, 11) is 0. The smallest absolute Gasteiger partial charge is 0.270 e. The van der Waals surface area contributed by atoms with Crippen molar-refractivity contribution < 1.29 is 18.0 Å². The molecule has 0 saturated heterocycles. The predicted octanol–water partition coefficient (Wildman–Crippen LogP) is 4.14. The van der Waals surface area contributed by atoms with Crippen LogP contribution in [-0.2, 0) is 12.8 Å². The summed E-state index contributed by atoms with van der Waals surface area (Å²) < 4.78 is 40.1. The number of amides is 1. The van der Waals surface area contributed by atoms with Crippen molar-refractivity contribution in [3.8, 4) is 0 Å². The molecule has 0 radical (unpaired) electrons. The number of nitrogen functional groups attached to an aromatic ring is 1. The first-order valence-corrected chi connectivity index (χ1v) is 8.94. The van der Waals surface area contributed by atoms with E-state index in [1.807, 2.05) is 0 Å². The minimum atomic E-state index is -0.744. The number of hydrogen-bond donors (Lipinski definition) is 3. The quantitative estimate of drug-likeness (QED) is 0.576. The van der Waals surface area contributed by atoms with E-state index in [-0.39, 0.29) is 47.2 Å². The van der Waals surface area contributed by atoms with Crippen LogP contribution in [0.25, 0.3) is 0 Å². The van der Waals surface area contributed by atoms with Crippen LogP contribution in [0.3, 0.4) is 0 Å². The average molecular weight is 435 g/mol. The number of nitrogens with one attached hydrogen (secondary N) is 2. The first-order valence-electron chi connectivity index (χ1n) is 8.94. The van der Waals surface area contributed by atoms with Crippen LogP contribution in [0.5, 0.6) is 0 Å². The number of carbonyl (C=O) groups is 1. The summed E-state index contributed by atoms with van der Waals surface area (Å²) in [6, 6.07) is 10.2. The van der Waals surface area contributed by atoms with Crippen molar-refractivity contribution in [2.45, 2.75) is 18.9 Å². The van der Waals surface area contributed by atoms with Gasteiger partial charge in [-0.3, -0.25) is 4.79 Å². The highest BCUT2D eigenvalue weighted by atomic mass is 35.5. The number of nitrogens with zero attached hydrogens (tertiary/aromatic N) is 1. The maximum atomic E-state index is 13.4. The molecule has 1 aromatic heterocycles. The highest BCUT2D eigenvalue weighted by molar-refractivity contribution is 5.94. The summed E-state index contributed by atoms with van der Waals surface area (Å²) in [6.07, 6.45) is 1.12. The number of aromatic nitrogens is 1. The summed E-state index contributed by atoms with van der Waals surface area (Å²) in [6.45, 7) is 0. The number of nitrogens with two attached hydrogens (primary N) is 1. The van der Waals surface area contributed by atoms with Gasteiger partial charge in [0.25, 0.3) is 5.91 Å². The van der Waals surface area contributed by atoms with Crippen LogP contribution in [0, 0.1) is 17.5 Å². The molecule has 0 bridgehead atoms. The van der Waals surface area contributed by atoms with Gasteiger partial charge in [0.05, 0.1) is 0 Å². The van der Waals surface area contributed by atoms with Crippen LogP contribution in [0.4, 0.5) is 30.4 Å². The van der Waals surface area contributed by atoms with Gasteiger partial charge in [0.15, 0.2) is 0 Å². The third-order valence-corrected chi connectivity index (χ3v) is 4.65. The van der Waals surface area contributed by atoms with E-state index in [0.29, 0.717) is 12.8 Å². The lowest BCUT2D eigenvalue weighted by molar-refractivity contribution is 0.0933. The van der Waals surface area contributed by atoms with E-state index in [1.54, 1.807) is 6.07 Å². The van der Waals surface area contributed by atoms with Gasteiger partial charge < -0.3 is 16.4 Å². The number of halogens is 4. The molecule has 0 saturated carbocycles. The molecule has 2 aromatic carbocycles. The fourth-order valence-electron chi connectivity index (χ4n) is 3.45. The molecule has 1 atom stereocenters. The number of rotatable bonds is 4. The summed E-state index contributed by atoms with van der Waals surface area (Å²) in [5.74, 6) is -2.06. The van der Waals surface area contributed by atoms with Crippen molar-refractivity contribution in [3.05, 3.63) is 82.8 Å². The van der Waals surface area contributed by atoms with Gasteiger partial charge in [0.2, 0.25) is 0 Å². The number of hydrogen-bond acceptors (Lipinski definition) is 4. The molecule has 5 nitrogen and oxygen atoms in total. The molecule has 1 unspecified atom stereocenters. The fraction of sp³-hybridized carbons (Fsp3) is 0.143. The van der Waals surface area contributed by atoms with Gasteiger partial charge in [0, 0.05) is 29.5 Å². The van der Waals surface area contributed by atoms with E-state index in [0.717, 1.165) is 29.3 Å². The maximum Gasteiger partial charge on any atom is 0.270 e. The van der Waals surface area contributed by atoms with Gasteiger partial charge in [-0.05, 0) is 54.3 Å². The maximum absolute atomic E-state index is 13.4. The summed E-state index contributed by atoms with van der Waals surface area (Å²) >= 11 is 0. The first-order chi connectivity index (χ1) is 13.9. The normalized spacial score (nSPS) is 14.6. The Kier molecular flexibility index (Phi) is 6.17. The Bertz CT molecular complexity index is 1090. The number of carbonyl (C=O) groups excluding carboxylic acids is 1. The van der Waals surface area contributed by atoms with E-state index in [4.69, 9.17) is 5.73 Å². The molecule has 156 valence electrons. The van der Waals surface area contributed by atoms with Crippen LogP contribution < -0.4 is 16.4 Å². The third kappa shape index (κ3) is 4.83. The van der Waals surface area contributed by atoms with E-state index in [1.165, 1.54) is 24.3 Å². The Morgan fingerprint density at radius 3 is 2.37 bits per heavy atom. The number of pyridine rings is 1. The van der Waals surface area contributed by atoms with Crippen molar-refractivity contribution >= 4 is 35.5 Å². The molecule has 4 N–H and O–H groups in total. The van der Waals surface area contributed by atoms with E-state index in [2.05, 4.69) is 15.6 Å². The van der Waals surface area contributed by atoms with Crippen molar-refractivity contribution in [1.82, 2.24) is 10.3 Å². The lowest BCUT2D eigenvalue weighted by Crippen LogP contribution is -2.35. The Labute approximate surface area is 176 Å². The van der Waals surface area contributed by atoms with E-state index >= 15 is 0 Å². The lowest BCUT2D eigenvalue weighted by Gasteiger charge is -2.13. The standard InChI is InChI=1S/C21H17F3N4O.ClH/c22-13-2-1-11-4-17(5-12(11)3-13)27-21(29)19-9-16(25)10-20(28-19)26-18-7-14(23)6-15(24)8-18;/h1-3,6-10,17H,4-5H2,(H,27,29)(H3,25,26,28);1H. The Morgan fingerprint density at radius 2 is 1.63 bits per heavy atom. The zero-order valence-electron chi connectivity index (χ0n) is 15.6. The van der Waals surface area contributed by atoms with Crippen LogP contribution in [0.2, 0.25) is 0 Å². The SMILES string of the molecule is Cl.Nc1cc(Nc2cc(F)cc(F)c2)nc(C(=O)NC2Cc3ccc(F)cc3C2)c1. The summed E-state index contributed by atoms with van der Waals surface area (Å²) in [5.41, 5.74) is 8.18. The van der Waals surface area contributed by atoms with Gasteiger partial charge in [-0.25, -0.2) is 18.2 Å². The lowest BCUT2D eigenvalue weighted by atomic mass is 10.1. The molecule has 1 heterocycles. The predicted molar refractivity (Wildman–Crippen MR) is 111 cm³/mol. The zero-order valence-corrected chi connectivity index (χ0v) is 16.4. The van der Waals surface area contributed by atoms with Gasteiger partial charge in [0.1, 0.15) is 29.0 Å². The molecule has 4 rings (SSSR count). The molecule has 0 aliphatic heterocycles. The molecule has 30 heavy (non-hydrogen) atoms. The Morgan fingerprint density at radius 1 is 0.933 bits per heavy atom. The third-order valence-electron chi connectivity index (χ3n) is 4.65. The number of benzene rings is 2. The van der Waals surface area contributed by atoms with Crippen molar-refractivity contribution in [3.63, 3.8) is 0 Å². The van der Waals surface area contributed by atoms with Crippen molar-refractivity contribution in [2.75, 3.05) is 11.1 Å². The second-order valence-electron chi connectivity index (χ2n) is 6.95. The van der Waals surface area contributed by atoms with Crippen molar-refractivity contribution in [2.24, 2.45) is 0 Å². The second kappa shape index (κ2) is 8.62. The van der Waals surface area contributed by atoms with Gasteiger partial charge in [-0.15, -0.1) is 12.4 Å². The second-order valence-corrected chi connectivity index (χ2v) is 6.95. The molecule has 1 aliphatic rings. The molecular formula is C21H18ClF3N4O. The zero-order chi connectivity index (χ0) is 20.5. The van der Waals surface area contributed by atoms with Crippen LogP contribution in [0.15, 0.2) is 48.5 Å². The fourth-order valence-corrected chi connectivity index (χ4v) is 3.45. The van der Waals surface area contributed by atoms with Crippen LogP contribution >= 0.6 is 12.4 Å². The molecule has 0 fully saturated rings. The van der Waals surface area contributed by atoms with Gasteiger partial charge in [-0.1, -0.05) is 6.07 Å². The Hall–Kier alpha value is -3.26. The first kappa shape index (κ1) is 21.4. The Balaban J connectivity index is 0.00000256. The van der Waals surface area contributed by atoms with E-state index in [9.17, 15) is 18.0 Å². The van der Waals surface area contributed by atoms with Crippen LogP contribution in [0.1, 0.15) is 21.6 Å². The highest BCUT2D eigenvalue weighted by Crippen LogP contribution is 2.24. The minimum absolute atomic E-state index is 0. The monoisotopic (exact) mass is 434 g/mol. The summed E-state index contributed by atoms with van der Waals surface area (Å²) in [4.78, 5) is 16.8. The average Bonchev–Trinajstić information content (AvgIpc) is 3.01. The summed E-state index contributed by atoms with van der Waals surface area (Å²) in [5, 5.41) is 5.61. The topological polar surface area (TPSA) is 80.0 Å². The van der Waals surface area contributed by atoms with Gasteiger partial charge in [-0.2, -0.15) is 0 Å². The van der Waals surface area contributed by atoms with E-state index < -0.39 is 17.5 Å². The molecule has 3 aromatic rings. The minimum Gasteiger partial charge on any atom is -0.399 e. The molecule has 9 heteroatoms. The molecule has 1 amide bonds. The molecule has 1 aliphatic carbocycles. The van der Waals surface area contributed by atoms with Crippen molar-refractivity contribution in [1.29, 1.82) is 0 Å². The number of anilines is 3. The number of fused-ring (bicyclic) bond motifs is 1. The van der Waals surface area contributed by atoms with Crippen LogP contribution in [-0.4, -0.2) is 16.9 Å². The van der Waals surface area contributed by atoms with Gasteiger partial charge >= 0.3 is 0 Å². The highest BCUT2D eigenvalue weighted by Gasteiger charge is 2.24. The largest absolute Gasteiger partial charge is 0.399 e. The molecular weight excluding hydrogens is 417 g/mol.